The van der Waals surface area contributed by atoms with Gasteiger partial charge in [0.2, 0.25) is 18.2 Å². The van der Waals surface area contributed by atoms with Crippen molar-refractivity contribution in [1.29, 1.82) is 0 Å². The summed E-state index contributed by atoms with van der Waals surface area (Å²) in [6, 6.07) is -0.514. The molecule has 0 aliphatic carbocycles. The maximum atomic E-state index is 12.5. The Kier molecular flexibility index (Phi) is 13.6. The Bertz CT molecular complexity index is 414. The van der Waals surface area contributed by atoms with Gasteiger partial charge in [0.15, 0.2) is 0 Å². The molecule has 0 aliphatic heterocycles. The summed E-state index contributed by atoms with van der Waals surface area (Å²) in [5.74, 6) is -0.181. The number of hydrogen-bond donors (Lipinski definition) is 3. The van der Waals surface area contributed by atoms with Crippen molar-refractivity contribution in [1.82, 2.24) is 20.9 Å². The summed E-state index contributed by atoms with van der Waals surface area (Å²) in [6.45, 7) is 7.42. The molecule has 0 bridgehead atoms. The van der Waals surface area contributed by atoms with Crippen molar-refractivity contribution in [2.75, 3.05) is 27.2 Å². The molecular weight excluding hydrogens is 332 g/mol. The van der Waals surface area contributed by atoms with Gasteiger partial charge in [-0.15, -0.1) is 0 Å². The van der Waals surface area contributed by atoms with Gasteiger partial charge in [0.25, 0.3) is 0 Å². The second-order valence-corrected chi connectivity index (χ2v) is 7.53. The number of rotatable bonds is 15. The molecule has 0 heterocycles. The van der Waals surface area contributed by atoms with Crippen molar-refractivity contribution in [3.05, 3.63) is 0 Å². The lowest BCUT2D eigenvalue weighted by molar-refractivity contribution is -0.130. The van der Waals surface area contributed by atoms with Crippen molar-refractivity contribution < 1.29 is 14.4 Å². The smallest absolute Gasteiger partial charge is 0.243 e. The molecule has 7 heteroatoms. The van der Waals surface area contributed by atoms with Crippen LogP contribution < -0.4 is 16.0 Å². The molecule has 26 heavy (non-hydrogen) atoms. The van der Waals surface area contributed by atoms with Crippen LogP contribution in [0.2, 0.25) is 0 Å². The zero-order valence-electron chi connectivity index (χ0n) is 17.1. The maximum absolute atomic E-state index is 12.5. The molecule has 2 atom stereocenters. The third kappa shape index (κ3) is 12.7. The van der Waals surface area contributed by atoms with Gasteiger partial charge >= 0.3 is 0 Å². The van der Waals surface area contributed by atoms with E-state index < -0.39 is 6.04 Å². The molecule has 152 valence electrons. The van der Waals surface area contributed by atoms with Crippen LogP contribution in [0.25, 0.3) is 0 Å². The summed E-state index contributed by atoms with van der Waals surface area (Å²) in [6.07, 6.45) is 5.63. The molecule has 0 rings (SSSR count). The number of carbonyl (C=O) groups is 3. The minimum Gasteiger partial charge on any atom is -0.359 e. The van der Waals surface area contributed by atoms with Crippen LogP contribution in [0.4, 0.5) is 0 Å². The first-order chi connectivity index (χ1) is 12.3. The molecule has 0 spiro atoms. The lowest BCUT2D eigenvalue weighted by Gasteiger charge is -2.24. The van der Waals surface area contributed by atoms with Crippen molar-refractivity contribution in [2.24, 2.45) is 5.92 Å². The molecule has 0 radical (unpaired) electrons. The topological polar surface area (TPSA) is 90.5 Å². The maximum Gasteiger partial charge on any atom is 0.243 e. The highest BCUT2D eigenvalue weighted by Crippen LogP contribution is 2.06. The van der Waals surface area contributed by atoms with Crippen LogP contribution in [-0.2, 0) is 14.4 Å². The van der Waals surface area contributed by atoms with Crippen LogP contribution in [0.3, 0.4) is 0 Å². The Morgan fingerprint density at radius 2 is 1.69 bits per heavy atom. The third-order valence-corrected chi connectivity index (χ3v) is 4.21. The monoisotopic (exact) mass is 370 g/mol. The lowest BCUT2D eigenvalue weighted by atomic mass is 10.0. The molecule has 0 fully saturated rings. The fourth-order valence-electron chi connectivity index (χ4n) is 2.64. The van der Waals surface area contributed by atoms with Crippen LogP contribution in [0.1, 0.15) is 59.3 Å². The van der Waals surface area contributed by atoms with Gasteiger partial charge in [-0.3, -0.25) is 14.4 Å². The molecule has 7 nitrogen and oxygen atoms in total. The van der Waals surface area contributed by atoms with E-state index in [1.165, 1.54) is 0 Å². The highest BCUT2D eigenvalue weighted by Gasteiger charge is 2.24. The predicted molar refractivity (Wildman–Crippen MR) is 105 cm³/mol. The van der Waals surface area contributed by atoms with Gasteiger partial charge in [-0.25, -0.2) is 0 Å². The largest absolute Gasteiger partial charge is 0.359 e. The van der Waals surface area contributed by atoms with Gasteiger partial charge in [0.05, 0.1) is 0 Å². The normalized spacial score (nSPS) is 13.3. The first-order valence-electron chi connectivity index (χ1n) is 9.69. The average Bonchev–Trinajstić information content (AvgIpc) is 2.55. The van der Waals surface area contributed by atoms with Crippen molar-refractivity contribution in [3.63, 3.8) is 0 Å². The standard InChI is InChI=1S/C19H38N4O3/c1-15(2)18(19(26)21-16(3)10-9-12-20-14-24)22-17(25)11-7-6-8-13-23(4)5/h14-16,18H,6-13H2,1-5H3,(H,20,24)(H,21,26)(H,22,25). The zero-order chi connectivity index (χ0) is 19.9. The minimum absolute atomic E-state index is 0.000127. The summed E-state index contributed by atoms with van der Waals surface area (Å²) in [7, 11) is 4.08. The lowest BCUT2D eigenvalue weighted by Crippen LogP contribution is -2.51. The molecule has 3 amide bonds. The molecule has 0 aromatic rings. The van der Waals surface area contributed by atoms with Gasteiger partial charge < -0.3 is 20.9 Å². The Morgan fingerprint density at radius 1 is 1.00 bits per heavy atom. The first-order valence-corrected chi connectivity index (χ1v) is 9.69. The van der Waals surface area contributed by atoms with Crippen molar-refractivity contribution >= 4 is 18.2 Å². The van der Waals surface area contributed by atoms with Crippen molar-refractivity contribution in [3.8, 4) is 0 Å². The Labute approximate surface area is 158 Å². The minimum atomic E-state index is -0.514. The van der Waals surface area contributed by atoms with Crippen LogP contribution in [0.5, 0.6) is 0 Å². The van der Waals surface area contributed by atoms with E-state index in [1.54, 1.807) is 0 Å². The molecular formula is C19H38N4O3. The van der Waals surface area contributed by atoms with Crippen LogP contribution in [-0.4, -0.2) is 62.4 Å². The van der Waals surface area contributed by atoms with E-state index in [0.29, 0.717) is 19.4 Å². The molecule has 2 unspecified atom stereocenters. The Morgan fingerprint density at radius 3 is 2.27 bits per heavy atom. The zero-order valence-corrected chi connectivity index (χ0v) is 17.1. The molecule has 0 saturated heterocycles. The second-order valence-electron chi connectivity index (χ2n) is 7.53. The van der Waals surface area contributed by atoms with Gasteiger partial charge in [0.1, 0.15) is 6.04 Å². The third-order valence-electron chi connectivity index (χ3n) is 4.21. The summed E-state index contributed by atoms with van der Waals surface area (Å²) in [5, 5.41) is 8.44. The van der Waals surface area contributed by atoms with E-state index in [9.17, 15) is 14.4 Å². The van der Waals surface area contributed by atoms with Crippen molar-refractivity contribution in [2.45, 2.75) is 71.4 Å². The van der Waals surface area contributed by atoms with Crippen LogP contribution in [0.15, 0.2) is 0 Å². The van der Waals surface area contributed by atoms with Crippen LogP contribution in [0, 0.1) is 5.92 Å². The van der Waals surface area contributed by atoms with E-state index in [4.69, 9.17) is 0 Å². The summed E-state index contributed by atoms with van der Waals surface area (Å²) in [5.41, 5.74) is 0. The number of nitrogens with zero attached hydrogens (tertiary/aromatic N) is 1. The number of nitrogens with one attached hydrogen (secondary N) is 3. The average molecular weight is 371 g/mol. The fraction of sp³-hybridized carbons (Fsp3) is 0.842. The Hall–Kier alpha value is -1.63. The quantitative estimate of drug-likeness (QED) is 0.299. The van der Waals surface area contributed by atoms with Gasteiger partial charge in [-0.1, -0.05) is 20.3 Å². The van der Waals surface area contributed by atoms with E-state index >= 15 is 0 Å². The second kappa shape index (κ2) is 14.5. The van der Waals surface area contributed by atoms with Gasteiger partial charge in [-0.2, -0.15) is 0 Å². The highest BCUT2D eigenvalue weighted by molar-refractivity contribution is 5.87. The molecule has 0 aliphatic rings. The number of amides is 3. The molecule has 0 saturated carbocycles. The predicted octanol–water partition coefficient (Wildman–Crippen LogP) is 1.28. The summed E-state index contributed by atoms with van der Waals surface area (Å²) >= 11 is 0. The summed E-state index contributed by atoms with van der Waals surface area (Å²) in [4.78, 5) is 37.0. The molecule has 0 aromatic carbocycles. The van der Waals surface area contributed by atoms with E-state index in [1.807, 2.05) is 34.9 Å². The first kappa shape index (κ1) is 24.4. The fourth-order valence-corrected chi connectivity index (χ4v) is 2.64. The number of unbranched alkanes of at least 4 members (excludes halogenated alkanes) is 2. The Balaban J connectivity index is 4.21. The van der Waals surface area contributed by atoms with E-state index in [-0.39, 0.29) is 23.8 Å². The highest BCUT2D eigenvalue weighted by atomic mass is 16.2. The molecule has 3 N–H and O–H groups in total. The van der Waals surface area contributed by atoms with Crippen LogP contribution >= 0.6 is 0 Å². The van der Waals surface area contributed by atoms with E-state index in [2.05, 4.69) is 20.9 Å². The number of hydrogen-bond acceptors (Lipinski definition) is 4. The van der Waals surface area contributed by atoms with E-state index in [0.717, 1.165) is 38.6 Å². The van der Waals surface area contributed by atoms with Gasteiger partial charge in [0, 0.05) is 19.0 Å². The number of carbonyl (C=O) groups excluding carboxylic acids is 3. The summed E-state index contributed by atoms with van der Waals surface area (Å²) < 4.78 is 0. The van der Waals surface area contributed by atoms with Gasteiger partial charge in [-0.05, 0) is 59.2 Å². The molecule has 0 aromatic heterocycles. The SMILES string of the molecule is CC(CCCNC=O)NC(=O)C(NC(=O)CCCCCN(C)C)C(C)C.